The predicted octanol–water partition coefficient (Wildman–Crippen LogP) is 4.51. The number of hydrogen-bond donors (Lipinski definition) is 1. The highest BCUT2D eigenvalue weighted by atomic mass is 16.5. The van der Waals surface area contributed by atoms with Gasteiger partial charge in [-0.1, -0.05) is 36.4 Å². The summed E-state index contributed by atoms with van der Waals surface area (Å²) in [6, 6.07) is 26.1. The number of carbonyl (C=O) groups is 2. The van der Waals surface area contributed by atoms with Gasteiger partial charge in [-0.05, 0) is 61.4 Å². The Labute approximate surface area is 176 Å². The molecule has 0 saturated carbocycles. The van der Waals surface area contributed by atoms with Gasteiger partial charge in [0.25, 0.3) is 11.8 Å². The fraction of sp³-hybridized carbons (Fsp3) is 0.200. The highest BCUT2D eigenvalue weighted by molar-refractivity contribution is 5.95. The molecular formula is C25H24N2O3. The zero-order chi connectivity index (χ0) is 20.8. The van der Waals surface area contributed by atoms with Crippen molar-refractivity contribution in [2.24, 2.45) is 0 Å². The maximum absolute atomic E-state index is 12.8. The van der Waals surface area contributed by atoms with E-state index < -0.39 is 0 Å². The lowest BCUT2D eigenvalue weighted by Gasteiger charge is -2.32. The number of carbonyl (C=O) groups excluding carboxylic acids is 2. The van der Waals surface area contributed by atoms with E-state index in [1.807, 2.05) is 65.6 Å². The Kier molecular flexibility index (Phi) is 6.09. The molecule has 1 aliphatic heterocycles. The molecule has 2 amide bonds. The van der Waals surface area contributed by atoms with Crippen LogP contribution in [0, 0.1) is 0 Å². The number of amides is 2. The summed E-state index contributed by atoms with van der Waals surface area (Å²) in [5.41, 5.74) is 1.30. The third-order valence-corrected chi connectivity index (χ3v) is 5.23. The molecule has 1 fully saturated rings. The van der Waals surface area contributed by atoms with Crippen molar-refractivity contribution in [3.63, 3.8) is 0 Å². The lowest BCUT2D eigenvalue weighted by atomic mass is 10.0. The van der Waals surface area contributed by atoms with E-state index in [1.165, 1.54) is 0 Å². The zero-order valence-electron chi connectivity index (χ0n) is 16.7. The van der Waals surface area contributed by atoms with Gasteiger partial charge in [0.2, 0.25) is 0 Å². The van der Waals surface area contributed by atoms with Gasteiger partial charge < -0.3 is 15.0 Å². The highest BCUT2D eigenvalue weighted by Crippen LogP contribution is 2.22. The summed E-state index contributed by atoms with van der Waals surface area (Å²) in [4.78, 5) is 27.0. The summed E-state index contributed by atoms with van der Waals surface area (Å²) in [6.45, 7) is 1.25. The van der Waals surface area contributed by atoms with Crippen LogP contribution in [0.1, 0.15) is 33.6 Å². The van der Waals surface area contributed by atoms with Gasteiger partial charge in [0, 0.05) is 30.3 Å². The van der Waals surface area contributed by atoms with Gasteiger partial charge in [0.15, 0.2) is 0 Å². The van der Waals surface area contributed by atoms with Crippen molar-refractivity contribution in [2.45, 2.75) is 18.9 Å². The van der Waals surface area contributed by atoms with Crippen molar-refractivity contribution in [1.82, 2.24) is 10.2 Å². The zero-order valence-corrected chi connectivity index (χ0v) is 16.7. The van der Waals surface area contributed by atoms with E-state index in [0.717, 1.165) is 18.6 Å². The van der Waals surface area contributed by atoms with Crippen LogP contribution >= 0.6 is 0 Å². The van der Waals surface area contributed by atoms with Crippen LogP contribution < -0.4 is 10.1 Å². The topological polar surface area (TPSA) is 58.6 Å². The first kappa shape index (κ1) is 19.7. The average molecular weight is 400 g/mol. The Morgan fingerprint density at radius 3 is 1.93 bits per heavy atom. The molecule has 5 nitrogen and oxygen atoms in total. The molecule has 0 aromatic heterocycles. The molecule has 0 radical (unpaired) electrons. The average Bonchev–Trinajstić information content (AvgIpc) is 2.81. The minimum absolute atomic E-state index is 0.00842. The molecule has 1 N–H and O–H groups in total. The second-order valence-electron chi connectivity index (χ2n) is 7.35. The molecule has 0 aliphatic carbocycles. The molecule has 1 heterocycles. The fourth-order valence-corrected chi connectivity index (χ4v) is 3.56. The van der Waals surface area contributed by atoms with Crippen LogP contribution in [0.5, 0.6) is 11.5 Å². The van der Waals surface area contributed by atoms with E-state index >= 15 is 0 Å². The van der Waals surface area contributed by atoms with Gasteiger partial charge in [-0.25, -0.2) is 0 Å². The number of nitrogens with zero attached hydrogens (tertiary/aromatic N) is 1. The summed E-state index contributed by atoms with van der Waals surface area (Å²) in [7, 11) is 0. The van der Waals surface area contributed by atoms with Crippen molar-refractivity contribution in [1.29, 1.82) is 0 Å². The van der Waals surface area contributed by atoms with E-state index in [4.69, 9.17) is 4.74 Å². The Hall–Kier alpha value is -3.60. The Balaban J connectivity index is 1.29. The molecule has 1 aliphatic rings. The number of benzene rings is 3. The van der Waals surface area contributed by atoms with Gasteiger partial charge in [0.1, 0.15) is 11.5 Å². The molecule has 152 valence electrons. The maximum Gasteiger partial charge on any atom is 0.253 e. The standard InChI is InChI=1S/C25H24N2O3/c28-24(19-7-3-1-4-8-19)26-21-15-17-27(18-16-21)25(29)20-11-13-23(14-12-20)30-22-9-5-2-6-10-22/h1-14,21H,15-18H2,(H,26,28). The first-order valence-corrected chi connectivity index (χ1v) is 10.2. The summed E-state index contributed by atoms with van der Waals surface area (Å²) >= 11 is 0. The molecule has 1 saturated heterocycles. The highest BCUT2D eigenvalue weighted by Gasteiger charge is 2.24. The molecule has 4 rings (SSSR count). The van der Waals surface area contributed by atoms with Gasteiger partial charge in [0.05, 0.1) is 0 Å². The van der Waals surface area contributed by atoms with E-state index in [2.05, 4.69) is 5.32 Å². The smallest absolute Gasteiger partial charge is 0.253 e. The molecule has 5 heteroatoms. The monoisotopic (exact) mass is 400 g/mol. The molecule has 3 aromatic carbocycles. The van der Waals surface area contributed by atoms with Crippen LogP contribution in [0.4, 0.5) is 0 Å². The van der Waals surface area contributed by atoms with E-state index in [-0.39, 0.29) is 17.9 Å². The van der Waals surface area contributed by atoms with Crippen molar-refractivity contribution >= 4 is 11.8 Å². The molecule has 0 spiro atoms. The number of para-hydroxylation sites is 1. The predicted molar refractivity (Wildman–Crippen MR) is 116 cm³/mol. The van der Waals surface area contributed by atoms with Crippen LogP contribution in [0.3, 0.4) is 0 Å². The van der Waals surface area contributed by atoms with E-state index in [1.54, 1.807) is 24.3 Å². The Bertz CT molecular complexity index is 980. The van der Waals surface area contributed by atoms with Crippen LogP contribution in [-0.4, -0.2) is 35.8 Å². The molecular weight excluding hydrogens is 376 g/mol. The Morgan fingerprint density at radius 1 is 0.733 bits per heavy atom. The van der Waals surface area contributed by atoms with Crippen LogP contribution in [-0.2, 0) is 0 Å². The second kappa shape index (κ2) is 9.27. The van der Waals surface area contributed by atoms with Crippen molar-refractivity contribution < 1.29 is 14.3 Å². The summed E-state index contributed by atoms with van der Waals surface area (Å²) in [6.07, 6.45) is 1.50. The number of piperidine rings is 1. The number of nitrogens with one attached hydrogen (secondary N) is 1. The maximum atomic E-state index is 12.8. The van der Waals surface area contributed by atoms with Crippen molar-refractivity contribution in [2.75, 3.05) is 13.1 Å². The first-order chi connectivity index (χ1) is 14.7. The van der Waals surface area contributed by atoms with E-state index in [9.17, 15) is 9.59 Å². The normalized spacial score (nSPS) is 14.2. The summed E-state index contributed by atoms with van der Waals surface area (Å²) in [5, 5.41) is 3.07. The summed E-state index contributed by atoms with van der Waals surface area (Å²) < 4.78 is 5.78. The third-order valence-electron chi connectivity index (χ3n) is 5.23. The fourth-order valence-electron chi connectivity index (χ4n) is 3.56. The quantitative estimate of drug-likeness (QED) is 0.685. The second-order valence-corrected chi connectivity index (χ2v) is 7.35. The number of hydrogen-bond acceptors (Lipinski definition) is 3. The summed E-state index contributed by atoms with van der Waals surface area (Å²) in [5.74, 6) is 1.40. The van der Waals surface area contributed by atoms with Crippen molar-refractivity contribution in [3.05, 3.63) is 96.1 Å². The van der Waals surface area contributed by atoms with Gasteiger partial charge in [-0.3, -0.25) is 9.59 Å². The third kappa shape index (κ3) is 4.87. The first-order valence-electron chi connectivity index (χ1n) is 10.2. The molecule has 0 atom stereocenters. The van der Waals surface area contributed by atoms with Crippen LogP contribution in [0.2, 0.25) is 0 Å². The molecule has 0 bridgehead atoms. The number of likely N-dealkylation sites (tertiary alicyclic amines) is 1. The largest absolute Gasteiger partial charge is 0.457 e. The molecule has 30 heavy (non-hydrogen) atoms. The molecule has 0 unspecified atom stereocenters. The number of ether oxygens (including phenoxy) is 1. The minimum atomic E-state index is -0.0608. The lowest BCUT2D eigenvalue weighted by Crippen LogP contribution is -2.46. The Morgan fingerprint density at radius 2 is 1.30 bits per heavy atom. The number of rotatable bonds is 5. The van der Waals surface area contributed by atoms with Gasteiger partial charge >= 0.3 is 0 Å². The minimum Gasteiger partial charge on any atom is -0.457 e. The molecule has 3 aromatic rings. The van der Waals surface area contributed by atoms with Gasteiger partial charge in [-0.2, -0.15) is 0 Å². The van der Waals surface area contributed by atoms with Crippen molar-refractivity contribution in [3.8, 4) is 11.5 Å². The lowest BCUT2D eigenvalue weighted by molar-refractivity contribution is 0.0698. The van der Waals surface area contributed by atoms with Crippen LogP contribution in [0.25, 0.3) is 0 Å². The van der Waals surface area contributed by atoms with Gasteiger partial charge in [-0.15, -0.1) is 0 Å². The van der Waals surface area contributed by atoms with E-state index in [0.29, 0.717) is 30.0 Å². The SMILES string of the molecule is O=C(NC1CCN(C(=O)c2ccc(Oc3ccccc3)cc2)CC1)c1ccccc1. The van der Waals surface area contributed by atoms with Crippen LogP contribution in [0.15, 0.2) is 84.9 Å².